The van der Waals surface area contributed by atoms with Gasteiger partial charge in [0.2, 0.25) is 10.0 Å². The summed E-state index contributed by atoms with van der Waals surface area (Å²) < 4.78 is 25.2. The number of alkyl halides is 1. The van der Waals surface area contributed by atoms with E-state index in [0.717, 1.165) is 9.87 Å². The quantitative estimate of drug-likeness (QED) is 0.799. The van der Waals surface area contributed by atoms with Gasteiger partial charge in [0.25, 0.3) is 0 Å². The van der Waals surface area contributed by atoms with Crippen molar-refractivity contribution in [3.05, 3.63) is 28.3 Å². The molecule has 0 saturated heterocycles. The fourth-order valence-electron chi connectivity index (χ4n) is 1.31. The highest BCUT2D eigenvalue weighted by Gasteiger charge is 2.21. The highest BCUT2D eigenvalue weighted by atomic mass is 35.5. The topological polar surface area (TPSA) is 37.4 Å². The maximum atomic E-state index is 12.0. The fraction of sp³-hybridized carbons (Fsp3) is 0.400. The summed E-state index contributed by atoms with van der Waals surface area (Å²) in [6, 6.07) is 3.13. The van der Waals surface area contributed by atoms with Gasteiger partial charge in [-0.1, -0.05) is 11.6 Å². The molecule has 0 heterocycles. The van der Waals surface area contributed by atoms with Crippen LogP contribution < -0.4 is 0 Å². The molecular formula is C10H13Cl2NO2S. The molecule has 0 saturated carbocycles. The summed E-state index contributed by atoms with van der Waals surface area (Å²) in [5, 5.41) is 0.377. The molecule has 0 unspecified atom stereocenters. The van der Waals surface area contributed by atoms with Crippen molar-refractivity contribution in [3.8, 4) is 0 Å². The van der Waals surface area contributed by atoms with E-state index in [-0.39, 0.29) is 10.8 Å². The first-order valence-electron chi connectivity index (χ1n) is 4.58. The van der Waals surface area contributed by atoms with Crippen molar-refractivity contribution >= 4 is 33.2 Å². The van der Waals surface area contributed by atoms with Gasteiger partial charge in [0.05, 0.1) is 4.90 Å². The second-order valence-corrected chi connectivity index (χ2v) is 6.43. The molecule has 3 nitrogen and oxygen atoms in total. The Hall–Kier alpha value is -0.290. The Balaban J connectivity index is 3.52. The van der Waals surface area contributed by atoms with Crippen molar-refractivity contribution in [1.82, 2.24) is 4.31 Å². The molecule has 0 bridgehead atoms. The van der Waals surface area contributed by atoms with Crippen LogP contribution in [0, 0.1) is 6.92 Å². The van der Waals surface area contributed by atoms with Crippen LogP contribution in [0.3, 0.4) is 0 Å². The first-order valence-corrected chi connectivity index (χ1v) is 6.93. The highest BCUT2D eigenvalue weighted by Crippen LogP contribution is 2.26. The predicted molar refractivity (Wildman–Crippen MR) is 66.6 cm³/mol. The minimum Gasteiger partial charge on any atom is -0.207 e. The molecule has 0 N–H and O–H groups in total. The van der Waals surface area contributed by atoms with Crippen LogP contribution in [-0.4, -0.2) is 26.8 Å². The lowest BCUT2D eigenvalue weighted by Crippen LogP contribution is -2.23. The monoisotopic (exact) mass is 281 g/mol. The van der Waals surface area contributed by atoms with Crippen LogP contribution in [0.4, 0.5) is 0 Å². The third-order valence-electron chi connectivity index (χ3n) is 2.33. The predicted octanol–water partition coefficient (Wildman–Crippen LogP) is 2.64. The van der Waals surface area contributed by atoms with Gasteiger partial charge in [-0.25, -0.2) is 12.7 Å². The molecule has 0 atom stereocenters. The molecule has 0 aliphatic carbocycles. The van der Waals surface area contributed by atoms with E-state index in [9.17, 15) is 8.42 Å². The van der Waals surface area contributed by atoms with E-state index in [2.05, 4.69) is 0 Å². The molecule has 6 heteroatoms. The summed E-state index contributed by atoms with van der Waals surface area (Å²) in [5.74, 6) is 0.238. The van der Waals surface area contributed by atoms with Crippen LogP contribution in [0.1, 0.15) is 11.1 Å². The third kappa shape index (κ3) is 2.51. The highest BCUT2D eigenvalue weighted by molar-refractivity contribution is 7.89. The summed E-state index contributed by atoms with van der Waals surface area (Å²) in [6.07, 6.45) is 0. The van der Waals surface area contributed by atoms with E-state index in [1.165, 1.54) is 20.2 Å². The van der Waals surface area contributed by atoms with E-state index in [0.29, 0.717) is 10.6 Å². The summed E-state index contributed by atoms with van der Waals surface area (Å²) in [6.45, 7) is 1.73. The van der Waals surface area contributed by atoms with Gasteiger partial charge in [-0.2, -0.15) is 0 Å². The molecule has 0 fully saturated rings. The lowest BCUT2D eigenvalue weighted by molar-refractivity contribution is 0.520. The van der Waals surface area contributed by atoms with Crippen LogP contribution in [0.2, 0.25) is 5.02 Å². The number of halogens is 2. The van der Waals surface area contributed by atoms with Crippen molar-refractivity contribution in [1.29, 1.82) is 0 Å². The van der Waals surface area contributed by atoms with Gasteiger partial charge in [-0.3, -0.25) is 0 Å². The van der Waals surface area contributed by atoms with Gasteiger partial charge < -0.3 is 0 Å². The zero-order chi connectivity index (χ0) is 12.5. The number of nitrogens with zero attached hydrogens (tertiary/aromatic N) is 1. The standard InChI is InChI=1S/C10H13Cl2NO2S/c1-7-8(6-11)4-9(12)5-10(7)16(14,15)13(2)3/h4-5H,6H2,1-3H3. The van der Waals surface area contributed by atoms with E-state index in [1.807, 2.05) is 0 Å². The van der Waals surface area contributed by atoms with Crippen LogP contribution in [0.5, 0.6) is 0 Å². The summed E-state index contributed by atoms with van der Waals surface area (Å²) >= 11 is 11.6. The smallest absolute Gasteiger partial charge is 0.207 e. The molecule has 0 radical (unpaired) electrons. The van der Waals surface area contributed by atoms with Crippen LogP contribution in [0.15, 0.2) is 17.0 Å². The number of benzene rings is 1. The van der Waals surface area contributed by atoms with Gasteiger partial charge in [0.15, 0.2) is 0 Å². The Morgan fingerprint density at radius 1 is 1.31 bits per heavy atom. The second kappa shape index (κ2) is 4.92. The van der Waals surface area contributed by atoms with E-state index < -0.39 is 10.0 Å². The fourth-order valence-corrected chi connectivity index (χ4v) is 3.08. The minimum absolute atomic E-state index is 0.209. The third-order valence-corrected chi connectivity index (χ3v) is 4.78. The average molecular weight is 282 g/mol. The van der Waals surface area contributed by atoms with Gasteiger partial charge in [-0.15, -0.1) is 11.6 Å². The van der Waals surface area contributed by atoms with Crippen LogP contribution in [-0.2, 0) is 15.9 Å². The second-order valence-electron chi connectivity index (χ2n) is 3.61. The summed E-state index contributed by atoms with van der Waals surface area (Å²) in [5.41, 5.74) is 1.38. The molecule has 1 aromatic carbocycles. The number of rotatable bonds is 3. The molecule has 0 aromatic heterocycles. The Bertz CT molecular complexity index is 498. The number of sulfonamides is 1. The maximum absolute atomic E-state index is 12.0. The van der Waals surface area contributed by atoms with Crippen molar-refractivity contribution in [3.63, 3.8) is 0 Å². The van der Waals surface area contributed by atoms with E-state index >= 15 is 0 Å². The van der Waals surface area contributed by atoms with Gasteiger partial charge in [0.1, 0.15) is 0 Å². The van der Waals surface area contributed by atoms with E-state index in [1.54, 1.807) is 13.0 Å². The summed E-state index contributed by atoms with van der Waals surface area (Å²) in [7, 11) is -0.508. The Morgan fingerprint density at radius 3 is 2.31 bits per heavy atom. The molecule has 1 aromatic rings. The molecule has 0 aliphatic heterocycles. The van der Waals surface area contributed by atoms with Crippen LogP contribution in [0.25, 0.3) is 0 Å². The van der Waals surface area contributed by atoms with Crippen molar-refractivity contribution in [2.45, 2.75) is 17.7 Å². The average Bonchev–Trinajstić information content (AvgIpc) is 2.20. The van der Waals surface area contributed by atoms with Crippen molar-refractivity contribution in [2.24, 2.45) is 0 Å². The van der Waals surface area contributed by atoms with Crippen molar-refractivity contribution in [2.75, 3.05) is 14.1 Å². The molecule has 0 amide bonds. The molecular weight excluding hydrogens is 269 g/mol. The Kier molecular flexibility index (Phi) is 4.23. The number of hydrogen-bond acceptors (Lipinski definition) is 2. The number of hydrogen-bond donors (Lipinski definition) is 0. The zero-order valence-corrected chi connectivity index (χ0v) is 11.6. The van der Waals surface area contributed by atoms with E-state index in [4.69, 9.17) is 23.2 Å². The lowest BCUT2D eigenvalue weighted by Gasteiger charge is -2.15. The van der Waals surface area contributed by atoms with Gasteiger partial charge in [0, 0.05) is 25.0 Å². The first-order chi connectivity index (χ1) is 7.30. The van der Waals surface area contributed by atoms with Gasteiger partial charge >= 0.3 is 0 Å². The summed E-state index contributed by atoms with van der Waals surface area (Å²) in [4.78, 5) is 0.209. The Morgan fingerprint density at radius 2 is 1.88 bits per heavy atom. The molecule has 90 valence electrons. The SMILES string of the molecule is Cc1c(CCl)cc(Cl)cc1S(=O)(=O)N(C)C. The molecule has 0 aliphatic rings. The molecule has 16 heavy (non-hydrogen) atoms. The normalized spacial score (nSPS) is 12.1. The lowest BCUT2D eigenvalue weighted by atomic mass is 10.1. The molecule has 0 spiro atoms. The van der Waals surface area contributed by atoms with Crippen molar-refractivity contribution < 1.29 is 8.42 Å². The zero-order valence-electron chi connectivity index (χ0n) is 9.29. The minimum atomic E-state index is -3.47. The largest absolute Gasteiger partial charge is 0.242 e. The maximum Gasteiger partial charge on any atom is 0.242 e. The molecule has 1 rings (SSSR count). The van der Waals surface area contributed by atoms with Gasteiger partial charge in [-0.05, 0) is 30.2 Å². The first kappa shape index (κ1) is 13.8. The van der Waals surface area contributed by atoms with Crippen LogP contribution >= 0.6 is 23.2 Å². The Labute approximate surface area is 106 Å².